The second kappa shape index (κ2) is 2.80. The Bertz CT molecular complexity index is 540. The number of H-pyrrole nitrogens is 1. The van der Waals surface area contributed by atoms with E-state index in [9.17, 15) is 22.4 Å². The summed E-state index contributed by atoms with van der Waals surface area (Å²) in [6, 6.07) is 0. The number of halogens is 1. The number of nitrogens with one attached hydrogen (secondary N) is 1. The summed E-state index contributed by atoms with van der Waals surface area (Å²) in [7, 11) is -3.88. The van der Waals surface area contributed by atoms with Crippen LogP contribution in [0.2, 0.25) is 0 Å². The van der Waals surface area contributed by atoms with Crippen LogP contribution in [0.5, 0.6) is 0 Å². The van der Waals surface area contributed by atoms with Gasteiger partial charge in [0.2, 0.25) is 15.8 Å². The summed E-state index contributed by atoms with van der Waals surface area (Å²) in [6.45, 7) is 0. The molecule has 72 valence electrons. The molecular formula is C5H5FN2O4S. The van der Waals surface area contributed by atoms with Gasteiger partial charge in [-0.15, -0.1) is 0 Å². The van der Waals surface area contributed by atoms with Gasteiger partial charge in [0.05, 0.1) is 12.5 Å². The minimum absolute atomic E-state index is 0.115. The van der Waals surface area contributed by atoms with E-state index in [-0.39, 0.29) is 3.97 Å². The fourth-order valence-electron chi connectivity index (χ4n) is 0.678. The van der Waals surface area contributed by atoms with Gasteiger partial charge in [0.1, 0.15) is 0 Å². The lowest BCUT2D eigenvalue weighted by Crippen LogP contribution is -2.34. The lowest BCUT2D eigenvalue weighted by molar-refractivity contribution is 0.568. The van der Waals surface area contributed by atoms with Gasteiger partial charge in [-0.3, -0.25) is 9.78 Å². The minimum Gasteiger partial charge on any atom is -0.271 e. The molecule has 1 N–H and O–H groups in total. The fraction of sp³-hybridized carbons (Fsp3) is 0.200. The van der Waals surface area contributed by atoms with Crippen molar-refractivity contribution in [1.82, 2.24) is 8.96 Å². The maximum Gasteiger partial charge on any atom is 0.342 e. The topological polar surface area (TPSA) is 89.0 Å². The predicted octanol–water partition coefficient (Wildman–Crippen LogP) is -1.52. The molecule has 0 aliphatic carbocycles. The van der Waals surface area contributed by atoms with Gasteiger partial charge in [0.15, 0.2) is 0 Å². The van der Waals surface area contributed by atoms with Crippen LogP contribution in [0.15, 0.2) is 15.8 Å². The Hall–Kier alpha value is -1.44. The Morgan fingerprint density at radius 2 is 2.00 bits per heavy atom. The molecule has 0 unspecified atom stereocenters. The molecule has 0 aliphatic rings. The molecule has 6 nitrogen and oxygen atoms in total. The summed E-state index contributed by atoms with van der Waals surface area (Å²) in [5.74, 6) is -1.33. The highest BCUT2D eigenvalue weighted by atomic mass is 32.2. The molecule has 1 rings (SSSR count). The van der Waals surface area contributed by atoms with Crippen LogP contribution in [0.4, 0.5) is 4.39 Å². The zero-order valence-corrected chi connectivity index (χ0v) is 7.26. The molecule has 0 aromatic carbocycles. The summed E-state index contributed by atoms with van der Waals surface area (Å²) in [4.78, 5) is 22.8. The van der Waals surface area contributed by atoms with E-state index in [1.54, 1.807) is 0 Å². The highest BCUT2D eigenvalue weighted by Crippen LogP contribution is 1.88. The number of nitrogens with zero attached hydrogens (tertiary/aromatic N) is 1. The van der Waals surface area contributed by atoms with Crippen LogP contribution in [0, 0.1) is 5.82 Å². The molecule has 0 bridgehead atoms. The maximum absolute atomic E-state index is 12.5. The Balaban J connectivity index is 3.70. The first-order chi connectivity index (χ1) is 5.82. The highest BCUT2D eigenvalue weighted by Gasteiger charge is 2.10. The van der Waals surface area contributed by atoms with Gasteiger partial charge in [-0.2, -0.15) is 8.36 Å². The number of hydrogen-bond donors (Lipinski definition) is 1. The monoisotopic (exact) mass is 208 g/mol. The van der Waals surface area contributed by atoms with Gasteiger partial charge in [-0.25, -0.2) is 13.2 Å². The van der Waals surface area contributed by atoms with Gasteiger partial charge in [-0.05, 0) is 0 Å². The fourth-order valence-corrected chi connectivity index (χ4v) is 1.31. The summed E-state index contributed by atoms with van der Waals surface area (Å²) >= 11 is 0. The van der Waals surface area contributed by atoms with Crippen molar-refractivity contribution < 1.29 is 12.8 Å². The first-order valence-electron chi connectivity index (χ1n) is 3.04. The smallest absolute Gasteiger partial charge is 0.271 e. The molecule has 0 aliphatic heterocycles. The van der Waals surface area contributed by atoms with Crippen molar-refractivity contribution >= 4 is 10.0 Å². The van der Waals surface area contributed by atoms with Gasteiger partial charge in [-0.1, -0.05) is 0 Å². The Kier molecular flexibility index (Phi) is 2.08. The molecule has 1 aromatic heterocycles. The van der Waals surface area contributed by atoms with Crippen LogP contribution in [-0.4, -0.2) is 23.6 Å². The molecular weight excluding hydrogens is 203 g/mol. The molecule has 1 aromatic rings. The Morgan fingerprint density at radius 3 is 2.46 bits per heavy atom. The minimum atomic E-state index is -3.88. The van der Waals surface area contributed by atoms with Crippen LogP contribution in [-0.2, 0) is 10.0 Å². The van der Waals surface area contributed by atoms with E-state index in [4.69, 9.17) is 0 Å². The third-order valence-corrected chi connectivity index (χ3v) is 2.21. The van der Waals surface area contributed by atoms with Crippen LogP contribution >= 0.6 is 0 Å². The summed E-state index contributed by atoms with van der Waals surface area (Å²) in [6.07, 6.45) is 1.04. The highest BCUT2D eigenvalue weighted by molar-refractivity contribution is 7.89. The van der Waals surface area contributed by atoms with E-state index in [1.165, 1.54) is 4.98 Å². The summed E-state index contributed by atoms with van der Waals surface area (Å²) < 4.78 is 34.2. The van der Waals surface area contributed by atoms with Crippen molar-refractivity contribution in [3.05, 3.63) is 32.9 Å². The van der Waals surface area contributed by atoms with Crippen molar-refractivity contribution in [3.63, 3.8) is 0 Å². The molecule has 0 fully saturated rings. The van der Waals surface area contributed by atoms with Crippen LogP contribution in [0.3, 0.4) is 0 Å². The van der Waals surface area contributed by atoms with E-state index >= 15 is 0 Å². The predicted molar refractivity (Wildman–Crippen MR) is 41.5 cm³/mol. The lowest BCUT2D eigenvalue weighted by atomic mass is 10.6. The summed E-state index contributed by atoms with van der Waals surface area (Å²) in [5, 5.41) is 0. The third kappa shape index (κ3) is 1.83. The molecule has 13 heavy (non-hydrogen) atoms. The zero-order chi connectivity index (χ0) is 10.2. The molecule has 0 radical (unpaired) electrons. The molecule has 8 heteroatoms. The molecule has 0 atom stereocenters. The quantitative estimate of drug-likeness (QED) is 0.607. The van der Waals surface area contributed by atoms with Gasteiger partial charge in [0.25, 0.3) is 5.56 Å². The van der Waals surface area contributed by atoms with Crippen molar-refractivity contribution in [1.29, 1.82) is 0 Å². The summed E-state index contributed by atoms with van der Waals surface area (Å²) in [5.41, 5.74) is -2.43. The standard InChI is InChI=1S/C5H5FN2O4S/c1-13(11,12)8-2-3(6)4(9)7-5(8)10/h2H,1H3,(H,7,9,10). The van der Waals surface area contributed by atoms with Crippen LogP contribution < -0.4 is 11.2 Å². The average Bonchev–Trinajstić information content (AvgIpc) is 1.94. The third-order valence-electron chi connectivity index (χ3n) is 1.23. The first-order valence-corrected chi connectivity index (χ1v) is 4.89. The number of aromatic amines is 1. The van der Waals surface area contributed by atoms with Crippen LogP contribution in [0.25, 0.3) is 0 Å². The normalized spacial score (nSPS) is 11.5. The van der Waals surface area contributed by atoms with Gasteiger partial charge >= 0.3 is 5.69 Å². The van der Waals surface area contributed by atoms with E-state index in [2.05, 4.69) is 0 Å². The molecule has 1 heterocycles. The van der Waals surface area contributed by atoms with E-state index in [0.29, 0.717) is 12.5 Å². The Morgan fingerprint density at radius 1 is 1.46 bits per heavy atom. The number of aromatic nitrogens is 2. The largest absolute Gasteiger partial charge is 0.342 e. The SMILES string of the molecule is CS(=O)(=O)n1cc(F)c(=O)[nH]c1=O. The van der Waals surface area contributed by atoms with E-state index in [0.717, 1.165) is 0 Å². The number of rotatable bonds is 1. The molecule has 0 saturated heterocycles. The van der Waals surface area contributed by atoms with Crippen LogP contribution in [0.1, 0.15) is 0 Å². The van der Waals surface area contributed by atoms with Gasteiger partial charge in [0, 0.05) is 0 Å². The maximum atomic E-state index is 12.5. The van der Waals surface area contributed by atoms with E-state index < -0.39 is 27.1 Å². The van der Waals surface area contributed by atoms with Gasteiger partial charge < -0.3 is 0 Å². The van der Waals surface area contributed by atoms with E-state index in [1.807, 2.05) is 0 Å². The van der Waals surface area contributed by atoms with Crippen molar-refractivity contribution in [2.24, 2.45) is 0 Å². The second-order valence-corrected chi connectivity index (χ2v) is 4.15. The molecule has 0 saturated carbocycles. The van der Waals surface area contributed by atoms with Crippen molar-refractivity contribution in [2.45, 2.75) is 0 Å². The lowest BCUT2D eigenvalue weighted by Gasteiger charge is -1.99. The Labute approximate surface area is 71.7 Å². The first kappa shape index (κ1) is 9.65. The second-order valence-electron chi connectivity index (χ2n) is 2.30. The molecule has 0 spiro atoms. The molecule has 0 amide bonds. The number of hydrogen-bond acceptors (Lipinski definition) is 4. The van der Waals surface area contributed by atoms with Crippen molar-refractivity contribution in [3.8, 4) is 0 Å². The van der Waals surface area contributed by atoms with Crippen molar-refractivity contribution in [2.75, 3.05) is 6.26 Å². The zero-order valence-electron chi connectivity index (χ0n) is 6.44. The average molecular weight is 208 g/mol.